The van der Waals surface area contributed by atoms with Crippen LogP contribution in [0.15, 0.2) is 83.3 Å². The van der Waals surface area contributed by atoms with Crippen LogP contribution in [0.5, 0.6) is 0 Å². The number of benzene rings is 3. The van der Waals surface area contributed by atoms with E-state index in [0.717, 1.165) is 21.2 Å². The van der Waals surface area contributed by atoms with Crippen LogP contribution in [0.1, 0.15) is 37.5 Å². The maximum atomic E-state index is 13.7. The first-order chi connectivity index (χ1) is 17.1. The molecule has 3 rings (SSSR count). The third kappa shape index (κ3) is 9.30. The molecule has 0 radical (unpaired) electrons. The molecule has 0 unspecified atom stereocenters. The van der Waals surface area contributed by atoms with Crippen molar-refractivity contribution in [3.8, 4) is 0 Å². The van der Waals surface area contributed by atoms with Crippen molar-refractivity contribution in [3.05, 3.63) is 105 Å². The summed E-state index contributed by atoms with van der Waals surface area (Å²) in [6.45, 7) is 6.17. The maximum absolute atomic E-state index is 13.7. The first-order valence-corrected chi connectivity index (χ1v) is 14.2. The van der Waals surface area contributed by atoms with E-state index in [2.05, 4.69) is 21.2 Å². The zero-order valence-corrected chi connectivity index (χ0v) is 24.0. The highest BCUT2D eigenvalue weighted by Gasteiger charge is 2.32. The number of rotatable bonds is 10. The van der Waals surface area contributed by atoms with E-state index in [1.54, 1.807) is 16.7 Å². The molecular formula is C29H32BrClN2O2S. The predicted molar refractivity (Wildman–Crippen MR) is 154 cm³/mol. The minimum atomic E-state index is -0.650. The van der Waals surface area contributed by atoms with Crippen LogP contribution in [0.2, 0.25) is 5.02 Å². The molecule has 2 amide bonds. The zero-order chi connectivity index (χ0) is 26.1. The molecule has 0 aliphatic carbocycles. The van der Waals surface area contributed by atoms with Crippen molar-refractivity contribution >= 4 is 51.1 Å². The lowest BCUT2D eigenvalue weighted by Gasteiger charge is -2.34. The molecule has 3 aromatic carbocycles. The Bertz CT molecular complexity index is 1130. The summed E-state index contributed by atoms with van der Waals surface area (Å²) in [7, 11) is 0. The lowest BCUT2D eigenvalue weighted by atomic mass is 10.0. The van der Waals surface area contributed by atoms with Crippen LogP contribution in [0, 0.1) is 0 Å². The van der Waals surface area contributed by atoms with Gasteiger partial charge in [-0.15, -0.1) is 11.8 Å². The average Bonchev–Trinajstić information content (AvgIpc) is 2.83. The van der Waals surface area contributed by atoms with Crippen LogP contribution < -0.4 is 5.32 Å². The van der Waals surface area contributed by atoms with Crippen LogP contribution in [-0.4, -0.2) is 34.0 Å². The molecule has 3 aromatic rings. The number of amides is 2. The van der Waals surface area contributed by atoms with Crippen molar-refractivity contribution in [1.29, 1.82) is 0 Å². The summed E-state index contributed by atoms with van der Waals surface area (Å²) in [5.74, 6) is 0.756. The van der Waals surface area contributed by atoms with Gasteiger partial charge in [0.05, 0.1) is 5.75 Å². The molecule has 7 heteroatoms. The highest BCUT2D eigenvalue weighted by Crippen LogP contribution is 2.21. The number of carbonyl (C=O) groups excluding carboxylic acids is 2. The Hall–Kier alpha value is -2.28. The maximum Gasteiger partial charge on any atom is 0.243 e. The summed E-state index contributed by atoms with van der Waals surface area (Å²) in [6.07, 6.45) is 0.430. The average molecular weight is 588 g/mol. The number of hydrogen-bond acceptors (Lipinski definition) is 3. The van der Waals surface area contributed by atoms with E-state index >= 15 is 0 Å². The van der Waals surface area contributed by atoms with Crippen LogP contribution in [0.4, 0.5) is 0 Å². The fraction of sp³-hybridized carbons (Fsp3) is 0.310. The number of nitrogens with one attached hydrogen (secondary N) is 1. The predicted octanol–water partition coefficient (Wildman–Crippen LogP) is 6.89. The van der Waals surface area contributed by atoms with Gasteiger partial charge in [0.15, 0.2) is 0 Å². The van der Waals surface area contributed by atoms with Gasteiger partial charge in [-0.1, -0.05) is 82.1 Å². The van der Waals surface area contributed by atoms with Crippen LogP contribution in [0.25, 0.3) is 0 Å². The van der Waals surface area contributed by atoms with Gasteiger partial charge in [0.25, 0.3) is 0 Å². The summed E-state index contributed by atoms with van der Waals surface area (Å²) in [4.78, 5) is 28.9. The fourth-order valence-corrected chi connectivity index (χ4v) is 4.97. The Morgan fingerprint density at radius 1 is 0.917 bits per heavy atom. The SMILES string of the molecule is CC(C)(C)NC(=O)[C@H](Cc1ccccc1)N(Cc1ccc(Cl)cc1)C(=O)CSCc1ccc(Br)cc1. The summed E-state index contributed by atoms with van der Waals surface area (Å²) in [6, 6.07) is 24.7. The quantitative estimate of drug-likeness (QED) is 0.281. The molecule has 0 bridgehead atoms. The van der Waals surface area contributed by atoms with E-state index in [9.17, 15) is 9.59 Å². The number of hydrogen-bond donors (Lipinski definition) is 1. The Balaban J connectivity index is 1.85. The highest BCUT2D eigenvalue weighted by atomic mass is 79.9. The first-order valence-electron chi connectivity index (χ1n) is 11.8. The van der Waals surface area contributed by atoms with E-state index in [4.69, 9.17) is 11.6 Å². The van der Waals surface area contributed by atoms with Crippen molar-refractivity contribution in [2.24, 2.45) is 0 Å². The molecule has 0 aliphatic heterocycles. The van der Waals surface area contributed by atoms with Crippen molar-refractivity contribution in [2.45, 2.75) is 51.1 Å². The lowest BCUT2D eigenvalue weighted by molar-refractivity contribution is -0.140. The number of carbonyl (C=O) groups is 2. The molecular weight excluding hydrogens is 556 g/mol. The van der Waals surface area contributed by atoms with Crippen LogP contribution >= 0.6 is 39.3 Å². The molecule has 0 fully saturated rings. The summed E-state index contributed by atoms with van der Waals surface area (Å²) < 4.78 is 1.02. The second-order valence-corrected chi connectivity index (χ2v) is 12.0. The van der Waals surface area contributed by atoms with Crippen molar-refractivity contribution in [3.63, 3.8) is 0 Å². The molecule has 0 aromatic heterocycles. The van der Waals surface area contributed by atoms with Crippen molar-refractivity contribution in [1.82, 2.24) is 10.2 Å². The van der Waals surface area contributed by atoms with Gasteiger partial charge in [-0.2, -0.15) is 0 Å². The van der Waals surface area contributed by atoms with E-state index in [-0.39, 0.29) is 17.6 Å². The monoisotopic (exact) mass is 586 g/mol. The fourth-order valence-electron chi connectivity index (χ4n) is 3.71. The van der Waals surface area contributed by atoms with Gasteiger partial charge in [0, 0.05) is 33.8 Å². The second-order valence-electron chi connectivity index (χ2n) is 9.71. The van der Waals surface area contributed by atoms with E-state index in [1.165, 1.54) is 0 Å². The summed E-state index contributed by atoms with van der Waals surface area (Å²) >= 11 is 11.1. The van der Waals surface area contributed by atoms with Gasteiger partial charge in [-0.3, -0.25) is 9.59 Å². The van der Waals surface area contributed by atoms with Gasteiger partial charge < -0.3 is 10.2 Å². The first kappa shape index (κ1) is 28.3. The molecule has 0 aliphatic rings. The minimum absolute atomic E-state index is 0.0722. The lowest BCUT2D eigenvalue weighted by Crippen LogP contribution is -2.54. The topological polar surface area (TPSA) is 49.4 Å². The molecule has 0 saturated carbocycles. The van der Waals surface area contributed by atoms with Gasteiger partial charge >= 0.3 is 0 Å². The Kier molecular flexibility index (Phi) is 10.5. The minimum Gasteiger partial charge on any atom is -0.350 e. The van der Waals surface area contributed by atoms with E-state index in [0.29, 0.717) is 23.7 Å². The second kappa shape index (κ2) is 13.3. The molecule has 1 atom stereocenters. The number of halogens is 2. The molecule has 0 spiro atoms. The third-order valence-corrected chi connectivity index (χ3v) is 7.21. The summed E-state index contributed by atoms with van der Waals surface area (Å²) in [5.41, 5.74) is 2.65. The molecule has 0 heterocycles. The smallest absolute Gasteiger partial charge is 0.243 e. The van der Waals surface area contributed by atoms with Crippen molar-refractivity contribution in [2.75, 3.05) is 5.75 Å². The third-order valence-electron chi connectivity index (χ3n) is 5.44. The summed E-state index contributed by atoms with van der Waals surface area (Å²) in [5, 5.41) is 3.72. The van der Waals surface area contributed by atoms with Gasteiger partial charge in [0.1, 0.15) is 6.04 Å². The molecule has 0 saturated heterocycles. The molecule has 190 valence electrons. The Labute approximate surface area is 231 Å². The number of nitrogens with zero attached hydrogens (tertiary/aromatic N) is 1. The Morgan fingerprint density at radius 3 is 2.14 bits per heavy atom. The molecule has 4 nitrogen and oxygen atoms in total. The van der Waals surface area contributed by atoms with Gasteiger partial charge in [-0.25, -0.2) is 0 Å². The van der Waals surface area contributed by atoms with Crippen LogP contribution in [-0.2, 0) is 28.3 Å². The van der Waals surface area contributed by atoms with E-state index in [1.807, 2.05) is 99.6 Å². The Morgan fingerprint density at radius 2 is 1.53 bits per heavy atom. The molecule has 1 N–H and O–H groups in total. The highest BCUT2D eigenvalue weighted by molar-refractivity contribution is 9.10. The number of thioether (sulfide) groups is 1. The standard InChI is InChI=1S/C29H32BrClN2O2S/c1-29(2,3)32-28(35)26(17-21-7-5-4-6-8-21)33(18-22-11-15-25(31)16-12-22)27(34)20-36-19-23-9-13-24(30)14-10-23/h4-16,26H,17-20H2,1-3H3,(H,32,35)/t26-/m0/s1. The largest absolute Gasteiger partial charge is 0.350 e. The molecule has 36 heavy (non-hydrogen) atoms. The normalized spacial score (nSPS) is 12.1. The van der Waals surface area contributed by atoms with E-state index < -0.39 is 11.6 Å². The van der Waals surface area contributed by atoms with Crippen molar-refractivity contribution < 1.29 is 9.59 Å². The van der Waals surface area contributed by atoms with Gasteiger partial charge in [0.2, 0.25) is 11.8 Å². The zero-order valence-electron chi connectivity index (χ0n) is 20.8. The van der Waals surface area contributed by atoms with Gasteiger partial charge in [-0.05, 0) is 61.7 Å². The van der Waals surface area contributed by atoms with Crippen LogP contribution in [0.3, 0.4) is 0 Å².